The minimum absolute atomic E-state index is 0.0622. The van der Waals surface area contributed by atoms with Gasteiger partial charge >= 0.3 is 5.97 Å². The van der Waals surface area contributed by atoms with Crippen LogP contribution < -0.4 is 14.9 Å². The van der Waals surface area contributed by atoms with E-state index in [1.165, 1.54) is 6.33 Å². The average Bonchev–Trinajstić information content (AvgIpc) is 3.35. The number of nitrogens with one attached hydrogen (secondary N) is 3. The van der Waals surface area contributed by atoms with Crippen molar-refractivity contribution in [3.05, 3.63) is 53.4 Å². The lowest BCUT2D eigenvalue weighted by Crippen LogP contribution is -2.52. The summed E-state index contributed by atoms with van der Waals surface area (Å²) in [5.74, 6) is -0.0554. The van der Waals surface area contributed by atoms with E-state index in [1.54, 1.807) is 51.2 Å². The molecule has 3 N–H and O–H groups in total. The highest BCUT2D eigenvalue weighted by atomic mass is 35.5. The second-order valence-corrected chi connectivity index (χ2v) is 13.4. The quantitative estimate of drug-likeness (QED) is 0.322. The number of sulfonamides is 1. The maximum atomic E-state index is 14.0. The van der Waals surface area contributed by atoms with E-state index in [-0.39, 0.29) is 18.9 Å². The van der Waals surface area contributed by atoms with Gasteiger partial charge in [0.2, 0.25) is 15.9 Å². The zero-order chi connectivity index (χ0) is 29.1. The Morgan fingerprint density at radius 3 is 2.45 bits per heavy atom. The van der Waals surface area contributed by atoms with Crippen LogP contribution >= 0.6 is 11.6 Å². The lowest BCUT2D eigenvalue weighted by molar-refractivity contribution is -0.161. The third-order valence-electron chi connectivity index (χ3n) is 6.86. The number of carbonyl (C=O) groups is 2. The summed E-state index contributed by atoms with van der Waals surface area (Å²) in [6.45, 7) is 6.23. The number of fused-ring (bicyclic) bond motifs is 1. The number of rotatable bonds is 9. The largest absolute Gasteiger partial charge is 0.460 e. The molecule has 3 heterocycles. The van der Waals surface area contributed by atoms with E-state index < -0.39 is 33.1 Å². The molecule has 1 aliphatic rings. The van der Waals surface area contributed by atoms with Crippen LogP contribution in [0.4, 0.5) is 5.82 Å². The van der Waals surface area contributed by atoms with E-state index in [0.717, 1.165) is 23.1 Å². The van der Waals surface area contributed by atoms with Crippen LogP contribution in [-0.4, -0.2) is 66.7 Å². The van der Waals surface area contributed by atoms with Crippen LogP contribution in [0.5, 0.6) is 0 Å². The summed E-state index contributed by atoms with van der Waals surface area (Å²) >= 11 is 6.05. The van der Waals surface area contributed by atoms with Gasteiger partial charge in [-0.05, 0) is 57.4 Å². The molecule has 1 aliphatic heterocycles. The van der Waals surface area contributed by atoms with Crippen molar-refractivity contribution in [3.8, 4) is 0 Å². The topological polar surface area (TPSA) is 146 Å². The molecule has 1 atom stereocenters. The van der Waals surface area contributed by atoms with Crippen LogP contribution in [0.1, 0.15) is 51.6 Å². The van der Waals surface area contributed by atoms with Crippen molar-refractivity contribution in [1.82, 2.24) is 25.0 Å². The molecule has 0 spiro atoms. The van der Waals surface area contributed by atoms with E-state index in [4.69, 9.17) is 16.3 Å². The van der Waals surface area contributed by atoms with Crippen LogP contribution in [0.15, 0.2) is 42.9 Å². The maximum Gasteiger partial charge on any atom is 0.307 e. The molecule has 1 saturated heterocycles. The van der Waals surface area contributed by atoms with Gasteiger partial charge in [0.1, 0.15) is 23.4 Å². The normalized spacial score (nSPS) is 16.5. The molecule has 0 saturated carbocycles. The number of esters is 1. The van der Waals surface area contributed by atoms with Crippen molar-refractivity contribution in [3.63, 3.8) is 0 Å². The molecule has 1 amide bonds. The van der Waals surface area contributed by atoms with Gasteiger partial charge in [-0.3, -0.25) is 9.59 Å². The van der Waals surface area contributed by atoms with Gasteiger partial charge in [-0.1, -0.05) is 23.7 Å². The molecule has 11 nitrogen and oxygen atoms in total. The van der Waals surface area contributed by atoms with E-state index in [9.17, 15) is 18.0 Å². The maximum absolute atomic E-state index is 14.0. The second-order valence-electron chi connectivity index (χ2n) is 11.2. The predicted molar refractivity (Wildman–Crippen MR) is 153 cm³/mol. The summed E-state index contributed by atoms with van der Waals surface area (Å²) < 4.78 is 31.8. The molecule has 40 heavy (non-hydrogen) atoms. The minimum Gasteiger partial charge on any atom is -0.460 e. The summed E-state index contributed by atoms with van der Waals surface area (Å²) in [5.41, 5.74) is -0.382. The van der Waals surface area contributed by atoms with Crippen LogP contribution in [0.3, 0.4) is 0 Å². The molecule has 13 heteroatoms. The number of hydrogen-bond acceptors (Lipinski definition) is 8. The van der Waals surface area contributed by atoms with Gasteiger partial charge in [-0.25, -0.2) is 23.1 Å². The minimum atomic E-state index is -3.52. The molecule has 1 aromatic carbocycles. The third kappa shape index (κ3) is 7.49. The molecular weight excluding hydrogens is 556 g/mol. The number of benzene rings is 1. The van der Waals surface area contributed by atoms with Gasteiger partial charge in [0, 0.05) is 30.9 Å². The summed E-state index contributed by atoms with van der Waals surface area (Å²) in [4.78, 5) is 41.0. The Morgan fingerprint density at radius 1 is 1.15 bits per heavy atom. The molecule has 1 fully saturated rings. The molecule has 2 aromatic heterocycles. The zero-order valence-corrected chi connectivity index (χ0v) is 24.6. The van der Waals surface area contributed by atoms with Crippen molar-refractivity contribution in [2.75, 3.05) is 30.8 Å². The Balaban J connectivity index is 1.60. The summed E-state index contributed by atoms with van der Waals surface area (Å²) in [6, 6.07) is 8.04. The average molecular weight is 591 g/mol. The molecule has 4 rings (SSSR count). The van der Waals surface area contributed by atoms with Crippen LogP contribution in [0.2, 0.25) is 5.02 Å². The predicted octanol–water partition coefficient (Wildman–Crippen LogP) is 3.34. The number of carbonyl (C=O) groups excluding carboxylic acids is 2. The second kappa shape index (κ2) is 11.7. The number of piperidine rings is 1. The van der Waals surface area contributed by atoms with Crippen molar-refractivity contribution in [2.45, 2.75) is 51.7 Å². The molecule has 0 aliphatic carbocycles. The zero-order valence-electron chi connectivity index (χ0n) is 23.0. The van der Waals surface area contributed by atoms with E-state index in [1.807, 2.05) is 6.07 Å². The number of amides is 1. The summed E-state index contributed by atoms with van der Waals surface area (Å²) in [5, 5.41) is 4.41. The molecular formula is C27H35ClN6O5S. The van der Waals surface area contributed by atoms with Crippen LogP contribution in [0, 0.1) is 5.41 Å². The van der Waals surface area contributed by atoms with Gasteiger partial charge in [0.05, 0.1) is 29.5 Å². The fraction of sp³-hybridized carbons (Fsp3) is 0.481. The van der Waals surface area contributed by atoms with E-state index in [2.05, 4.69) is 29.9 Å². The van der Waals surface area contributed by atoms with Crippen molar-refractivity contribution >= 4 is 50.4 Å². The Labute approximate surface area is 239 Å². The Morgan fingerprint density at radius 2 is 1.82 bits per heavy atom. The monoisotopic (exact) mass is 590 g/mol. The van der Waals surface area contributed by atoms with E-state index >= 15 is 0 Å². The third-order valence-corrected chi connectivity index (χ3v) is 7.81. The highest BCUT2D eigenvalue weighted by Crippen LogP contribution is 2.39. The van der Waals surface area contributed by atoms with Gasteiger partial charge in [-0.15, -0.1) is 0 Å². The van der Waals surface area contributed by atoms with Crippen molar-refractivity contribution in [1.29, 1.82) is 0 Å². The molecule has 0 bridgehead atoms. The first kappa shape index (κ1) is 29.8. The highest BCUT2D eigenvalue weighted by Gasteiger charge is 2.45. The van der Waals surface area contributed by atoms with Gasteiger partial charge in [0.25, 0.3) is 0 Å². The smallest absolute Gasteiger partial charge is 0.307 e. The lowest BCUT2D eigenvalue weighted by Gasteiger charge is -2.41. The Kier molecular flexibility index (Phi) is 8.72. The summed E-state index contributed by atoms with van der Waals surface area (Å²) in [6.07, 6.45) is 4.97. The Hall–Kier alpha value is -3.22. The number of anilines is 1. The molecule has 1 unspecified atom stereocenters. The number of aromatic nitrogens is 3. The lowest BCUT2D eigenvalue weighted by atomic mass is 9.74. The van der Waals surface area contributed by atoms with Crippen LogP contribution in [-0.2, 0) is 24.3 Å². The fourth-order valence-corrected chi connectivity index (χ4v) is 5.48. The standard InChI is InChI=1S/C27H35ClN6O5S/c1-26(2,3)39-22(35)15-27(10-13-34(14-11-27)24-20-9-12-29-23(20)30-17-31-24)25(36)33-21(16-32-40(4,37)38)18-5-7-19(28)8-6-18/h5-9,12,17,21,32H,10-11,13-16H2,1-4H3,(H,33,36)(H,29,30,31). The van der Waals surface area contributed by atoms with Gasteiger partial charge in [0.15, 0.2) is 0 Å². The van der Waals surface area contributed by atoms with Gasteiger partial charge in [-0.2, -0.15) is 0 Å². The first-order valence-electron chi connectivity index (χ1n) is 13.0. The number of ether oxygens (including phenoxy) is 1. The number of H-pyrrole nitrogens is 1. The summed E-state index contributed by atoms with van der Waals surface area (Å²) in [7, 11) is -3.52. The SMILES string of the molecule is CC(C)(C)OC(=O)CC1(C(=O)NC(CNS(C)(=O)=O)c2ccc(Cl)cc2)CCN(c2ncnc3[nH]ccc23)CC1. The van der Waals surface area contributed by atoms with Crippen molar-refractivity contribution < 1.29 is 22.7 Å². The fourth-order valence-electron chi connectivity index (χ4n) is 4.89. The first-order valence-corrected chi connectivity index (χ1v) is 15.3. The number of nitrogens with zero attached hydrogens (tertiary/aromatic N) is 3. The first-order chi connectivity index (χ1) is 18.7. The van der Waals surface area contributed by atoms with Gasteiger partial charge < -0.3 is 19.9 Å². The number of halogens is 1. The Bertz CT molecular complexity index is 1460. The molecule has 3 aromatic rings. The van der Waals surface area contributed by atoms with Crippen LogP contribution in [0.25, 0.3) is 11.0 Å². The molecule has 216 valence electrons. The number of aromatic amines is 1. The molecule has 0 radical (unpaired) electrons. The highest BCUT2D eigenvalue weighted by molar-refractivity contribution is 7.88. The van der Waals surface area contributed by atoms with Crippen molar-refractivity contribution in [2.24, 2.45) is 5.41 Å². The number of hydrogen-bond donors (Lipinski definition) is 3. The van der Waals surface area contributed by atoms with E-state index in [0.29, 0.717) is 36.5 Å².